The van der Waals surface area contributed by atoms with Gasteiger partial charge in [0.05, 0.1) is 5.71 Å². The van der Waals surface area contributed by atoms with Gasteiger partial charge in [0.2, 0.25) is 0 Å². The number of aryl methyl sites for hydroxylation is 1. The van der Waals surface area contributed by atoms with Gasteiger partial charge in [-0.15, -0.1) is 0 Å². The lowest BCUT2D eigenvalue weighted by Crippen LogP contribution is -2.00. The van der Waals surface area contributed by atoms with E-state index in [9.17, 15) is 0 Å². The Labute approximate surface area is 85.6 Å². The zero-order valence-electron chi connectivity index (χ0n) is 9.08. The normalized spacial score (nSPS) is 11.5. The number of hydrogen-bond acceptors (Lipinski definition) is 2. The maximum Gasteiger partial charge on any atom is 0.114 e. The Hall–Kier alpha value is -1.31. The van der Waals surface area contributed by atoms with Crippen LogP contribution in [0.2, 0.25) is 0 Å². The zero-order chi connectivity index (χ0) is 10.4. The molecule has 0 N–H and O–H groups in total. The van der Waals surface area contributed by atoms with Gasteiger partial charge in [-0.25, -0.2) is 0 Å². The van der Waals surface area contributed by atoms with Crippen LogP contribution in [0.1, 0.15) is 31.9 Å². The van der Waals surface area contributed by atoms with Crippen LogP contribution in [0.25, 0.3) is 0 Å². The fourth-order valence-electron chi connectivity index (χ4n) is 1.39. The van der Waals surface area contributed by atoms with E-state index in [1.807, 2.05) is 19.9 Å². The second-order valence-corrected chi connectivity index (χ2v) is 3.11. The number of oxime groups is 1. The lowest BCUT2D eigenvalue weighted by atomic mass is 10.0. The third kappa shape index (κ3) is 2.59. The quantitative estimate of drug-likeness (QED) is 0.529. The van der Waals surface area contributed by atoms with Crippen LogP contribution in [0.3, 0.4) is 0 Å². The van der Waals surface area contributed by atoms with E-state index in [0.717, 1.165) is 12.1 Å². The first kappa shape index (κ1) is 10.8. The molecule has 0 unspecified atom stereocenters. The molecule has 1 rings (SSSR count). The Morgan fingerprint density at radius 1 is 1.29 bits per heavy atom. The smallest absolute Gasteiger partial charge is 0.114 e. The molecule has 2 nitrogen and oxygen atoms in total. The molecule has 0 aliphatic rings. The van der Waals surface area contributed by atoms with Crippen LogP contribution >= 0.6 is 0 Å². The number of hydrogen-bond donors (Lipinski definition) is 0. The first-order valence-corrected chi connectivity index (χ1v) is 5.04. The predicted molar refractivity (Wildman–Crippen MR) is 59.7 cm³/mol. The Morgan fingerprint density at radius 2 is 2.00 bits per heavy atom. The Balaban J connectivity index is 2.93. The molecule has 0 saturated heterocycles. The van der Waals surface area contributed by atoms with Crippen molar-refractivity contribution in [3.05, 3.63) is 35.4 Å². The van der Waals surface area contributed by atoms with Crippen molar-refractivity contribution in [3.63, 3.8) is 0 Å². The lowest BCUT2D eigenvalue weighted by Gasteiger charge is -2.06. The van der Waals surface area contributed by atoms with Crippen LogP contribution < -0.4 is 0 Å². The Morgan fingerprint density at radius 3 is 2.64 bits per heavy atom. The molecule has 0 spiro atoms. The van der Waals surface area contributed by atoms with Crippen molar-refractivity contribution >= 4 is 5.71 Å². The highest BCUT2D eigenvalue weighted by Gasteiger charge is 2.02. The molecule has 0 bridgehead atoms. The number of rotatable bonds is 4. The summed E-state index contributed by atoms with van der Waals surface area (Å²) in [7, 11) is 0. The first-order valence-electron chi connectivity index (χ1n) is 5.04. The van der Waals surface area contributed by atoms with Crippen molar-refractivity contribution in [3.8, 4) is 0 Å². The van der Waals surface area contributed by atoms with Gasteiger partial charge in [-0.1, -0.05) is 36.3 Å². The molecule has 0 amide bonds. The Bertz CT molecular complexity index is 318. The molecule has 0 saturated carbocycles. The molecule has 2 heteroatoms. The highest BCUT2D eigenvalue weighted by Crippen LogP contribution is 2.10. The van der Waals surface area contributed by atoms with Gasteiger partial charge in [-0.05, 0) is 25.8 Å². The number of benzene rings is 1. The average molecular weight is 191 g/mol. The molecule has 76 valence electrons. The molecule has 0 fully saturated rings. The summed E-state index contributed by atoms with van der Waals surface area (Å²) in [6.07, 6.45) is 1.02. The van der Waals surface area contributed by atoms with Gasteiger partial charge in [0.15, 0.2) is 0 Å². The van der Waals surface area contributed by atoms with Crippen molar-refractivity contribution in [2.45, 2.75) is 27.2 Å². The van der Waals surface area contributed by atoms with Gasteiger partial charge in [0.1, 0.15) is 6.61 Å². The van der Waals surface area contributed by atoms with Crippen LogP contribution in [-0.2, 0) is 11.3 Å². The van der Waals surface area contributed by atoms with E-state index >= 15 is 0 Å². The van der Waals surface area contributed by atoms with Crippen LogP contribution in [-0.4, -0.2) is 12.3 Å². The zero-order valence-corrected chi connectivity index (χ0v) is 9.08. The predicted octanol–water partition coefficient (Wildman–Crippen LogP) is 3.01. The lowest BCUT2D eigenvalue weighted by molar-refractivity contribution is 0.159. The van der Waals surface area contributed by atoms with Crippen LogP contribution in [0, 0.1) is 0 Å². The number of nitrogens with zero attached hydrogens (tertiary/aromatic N) is 1. The van der Waals surface area contributed by atoms with Gasteiger partial charge in [-0.2, -0.15) is 0 Å². The summed E-state index contributed by atoms with van der Waals surface area (Å²) in [6.45, 7) is 6.67. The molecule has 0 atom stereocenters. The SMILES string of the molecule is CCON=C(C)c1ccccc1CC. The van der Waals surface area contributed by atoms with E-state index in [0.29, 0.717) is 6.61 Å². The minimum absolute atomic E-state index is 0.617. The molecular formula is C12H17NO. The fourth-order valence-corrected chi connectivity index (χ4v) is 1.39. The Kier molecular flexibility index (Phi) is 4.17. The molecule has 1 aromatic carbocycles. The molecule has 0 heterocycles. The van der Waals surface area contributed by atoms with E-state index in [4.69, 9.17) is 4.84 Å². The van der Waals surface area contributed by atoms with Crippen molar-refractivity contribution in [1.29, 1.82) is 0 Å². The third-order valence-electron chi connectivity index (χ3n) is 2.12. The highest BCUT2D eigenvalue weighted by molar-refractivity contribution is 5.99. The molecule has 0 aromatic heterocycles. The second-order valence-electron chi connectivity index (χ2n) is 3.11. The largest absolute Gasteiger partial charge is 0.396 e. The summed E-state index contributed by atoms with van der Waals surface area (Å²) >= 11 is 0. The summed E-state index contributed by atoms with van der Waals surface area (Å²) in [5.74, 6) is 0. The van der Waals surface area contributed by atoms with E-state index in [2.05, 4.69) is 30.3 Å². The topological polar surface area (TPSA) is 21.6 Å². The minimum Gasteiger partial charge on any atom is -0.396 e. The standard InChI is InChI=1S/C12H17NO/c1-4-11-8-6-7-9-12(11)10(3)13-14-5-2/h6-9H,4-5H2,1-3H3. The average Bonchev–Trinajstić information content (AvgIpc) is 2.25. The van der Waals surface area contributed by atoms with Crippen LogP contribution in [0.15, 0.2) is 29.4 Å². The van der Waals surface area contributed by atoms with Crippen molar-refractivity contribution in [1.82, 2.24) is 0 Å². The molecule has 0 radical (unpaired) electrons. The summed E-state index contributed by atoms with van der Waals surface area (Å²) in [6, 6.07) is 8.28. The molecule has 0 aliphatic heterocycles. The van der Waals surface area contributed by atoms with E-state index in [1.54, 1.807) is 0 Å². The summed E-state index contributed by atoms with van der Waals surface area (Å²) < 4.78 is 0. The maximum absolute atomic E-state index is 5.04. The van der Waals surface area contributed by atoms with Gasteiger partial charge < -0.3 is 4.84 Å². The fraction of sp³-hybridized carbons (Fsp3) is 0.417. The minimum atomic E-state index is 0.617. The molecule has 14 heavy (non-hydrogen) atoms. The summed E-state index contributed by atoms with van der Waals surface area (Å²) in [4.78, 5) is 5.04. The van der Waals surface area contributed by atoms with Crippen molar-refractivity contribution in [2.24, 2.45) is 5.16 Å². The molecular weight excluding hydrogens is 174 g/mol. The first-order chi connectivity index (χ1) is 6.79. The second kappa shape index (κ2) is 5.43. The van der Waals surface area contributed by atoms with Gasteiger partial charge in [0, 0.05) is 5.56 Å². The van der Waals surface area contributed by atoms with Gasteiger partial charge >= 0.3 is 0 Å². The monoisotopic (exact) mass is 191 g/mol. The van der Waals surface area contributed by atoms with Crippen molar-refractivity contribution < 1.29 is 4.84 Å². The van der Waals surface area contributed by atoms with E-state index in [-0.39, 0.29) is 0 Å². The van der Waals surface area contributed by atoms with E-state index < -0.39 is 0 Å². The van der Waals surface area contributed by atoms with Crippen LogP contribution in [0.4, 0.5) is 0 Å². The third-order valence-corrected chi connectivity index (χ3v) is 2.12. The maximum atomic E-state index is 5.04. The van der Waals surface area contributed by atoms with E-state index in [1.165, 1.54) is 11.1 Å². The highest BCUT2D eigenvalue weighted by atomic mass is 16.6. The van der Waals surface area contributed by atoms with Crippen LogP contribution in [0.5, 0.6) is 0 Å². The summed E-state index contributed by atoms with van der Waals surface area (Å²) in [5, 5.41) is 4.04. The summed E-state index contributed by atoms with van der Waals surface area (Å²) in [5.41, 5.74) is 3.45. The molecule has 1 aromatic rings. The molecule has 0 aliphatic carbocycles. The van der Waals surface area contributed by atoms with Gasteiger partial charge in [-0.3, -0.25) is 0 Å². The van der Waals surface area contributed by atoms with Gasteiger partial charge in [0.25, 0.3) is 0 Å². The van der Waals surface area contributed by atoms with Crippen molar-refractivity contribution in [2.75, 3.05) is 6.61 Å².